The Bertz CT molecular complexity index is 528. The molecule has 0 amide bonds. The van der Waals surface area contributed by atoms with Gasteiger partial charge in [-0.25, -0.2) is 0 Å². The van der Waals surface area contributed by atoms with Crippen LogP contribution in [0.1, 0.15) is 5.56 Å². The van der Waals surface area contributed by atoms with E-state index in [0.717, 1.165) is 16.3 Å². The molecule has 0 aliphatic heterocycles. The van der Waals surface area contributed by atoms with E-state index in [4.69, 9.17) is 23.8 Å². The highest BCUT2D eigenvalue weighted by molar-refractivity contribution is 7.80. The molecule has 0 saturated heterocycles. The molecule has 0 unspecified atom stereocenters. The summed E-state index contributed by atoms with van der Waals surface area (Å²) in [5.41, 5.74) is 1.99. The molecular formula is C14H13ClN2S. The molecule has 0 bridgehead atoms. The minimum absolute atomic E-state index is 0.584. The van der Waals surface area contributed by atoms with E-state index in [9.17, 15) is 0 Å². The Morgan fingerprint density at radius 1 is 1.00 bits per heavy atom. The maximum absolute atomic E-state index is 6.06. The van der Waals surface area contributed by atoms with Crippen LogP contribution in [0.15, 0.2) is 54.6 Å². The molecule has 2 N–H and O–H groups in total. The first kappa shape index (κ1) is 12.9. The topological polar surface area (TPSA) is 24.1 Å². The number of anilines is 1. The molecule has 2 aromatic rings. The zero-order chi connectivity index (χ0) is 12.8. The van der Waals surface area contributed by atoms with Crippen LogP contribution in [0.5, 0.6) is 0 Å². The normalized spacial score (nSPS) is 9.83. The van der Waals surface area contributed by atoms with Gasteiger partial charge in [-0.15, -0.1) is 0 Å². The number of rotatable bonds is 3. The second-order valence-corrected chi connectivity index (χ2v) is 4.58. The number of benzene rings is 2. The van der Waals surface area contributed by atoms with E-state index in [2.05, 4.69) is 10.6 Å². The Labute approximate surface area is 117 Å². The molecule has 18 heavy (non-hydrogen) atoms. The fraction of sp³-hybridized carbons (Fsp3) is 0.0714. The van der Waals surface area contributed by atoms with Gasteiger partial charge in [0.25, 0.3) is 0 Å². The van der Waals surface area contributed by atoms with Crippen molar-refractivity contribution in [1.82, 2.24) is 5.32 Å². The quantitative estimate of drug-likeness (QED) is 0.834. The van der Waals surface area contributed by atoms with Crippen LogP contribution in [-0.4, -0.2) is 5.11 Å². The van der Waals surface area contributed by atoms with Gasteiger partial charge in [0.15, 0.2) is 5.11 Å². The smallest absolute Gasteiger partial charge is 0.171 e. The van der Waals surface area contributed by atoms with E-state index >= 15 is 0 Å². The molecule has 0 aromatic heterocycles. The predicted molar refractivity (Wildman–Crippen MR) is 81.0 cm³/mol. The summed E-state index contributed by atoms with van der Waals surface area (Å²) >= 11 is 11.3. The summed E-state index contributed by atoms with van der Waals surface area (Å²) in [4.78, 5) is 0. The zero-order valence-corrected chi connectivity index (χ0v) is 11.3. The second-order valence-electron chi connectivity index (χ2n) is 3.77. The van der Waals surface area contributed by atoms with Gasteiger partial charge in [0.2, 0.25) is 0 Å². The van der Waals surface area contributed by atoms with Crippen LogP contribution in [0.3, 0.4) is 0 Å². The highest BCUT2D eigenvalue weighted by Crippen LogP contribution is 2.14. The Balaban J connectivity index is 1.88. The molecule has 0 heterocycles. The van der Waals surface area contributed by atoms with Gasteiger partial charge in [-0.2, -0.15) is 0 Å². The monoisotopic (exact) mass is 276 g/mol. The molecule has 0 fully saturated rings. The first-order valence-corrected chi connectivity index (χ1v) is 6.37. The lowest BCUT2D eigenvalue weighted by atomic mass is 10.2. The van der Waals surface area contributed by atoms with Crippen molar-refractivity contribution in [1.29, 1.82) is 0 Å². The Morgan fingerprint density at radius 3 is 2.39 bits per heavy atom. The average Bonchev–Trinajstić information content (AvgIpc) is 2.39. The molecular weight excluding hydrogens is 264 g/mol. The van der Waals surface area contributed by atoms with Crippen molar-refractivity contribution in [2.75, 3.05) is 5.32 Å². The molecule has 0 aliphatic rings. The van der Waals surface area contributed by atoms with Crippen LogP contribution in [0, 0.1) is 0 Å². The number of para-hydroxylation sites is 1. The van der Waals surface area contributed by atoms with Gasteiger partial charge >= 0.3 is 0 Å². The van der Waals surface area contributed by atoms with Gasteiger partial charge in [-0.05, 0) is 36.0 Å². The van der Waals surface area contributed by atoms with E-state index in [1.54, 1.807) is 0 Å². The van der Waals surface area contributed by atoms with Crippen molar-refractivity contribution in [2.24, 2.45) is 0 Å². The lowest BCUT2D eigenvalue weighted by Crippen LogP contribution is -2.27. The number of hydrogen-bond donors (Lipinski definition) is 2. The average molecular weight is 277 g/mol. The van der Waals surface area contributed by atoms with Gasteiger partial charge in [0.05, 0.1) is 0 Å². The lowest BCUT2D eigenvalue weighted by Gasteiger charge is -2.11. The molecule has 4 heteroatoms. The summed E-state index contributed by atoms with van der Waals surface area (Å²) in [7, 11) is 0. The van der Waals surface area contributed by atoms with E-state index in [1.807, 2.05) is 54.6 Å². The van der Waals surface area contributed by atoms with Crippen LogP contribution >= 0.6 is 23.8 Å². The third-order valence-electron chi connectivity index (χ3n) is 2.43. The van der Waals surface area contributed by atoms with Crippen LogP contribution in [0.4, 0.5) is 5.69 Å². The first-order valence-electron chi connectivity index (χ1n) is 5.59. The van der Waals surface area contributed by atoms with Crippen molar-refractivity contribution < 1.29 is 0 Å². The summed E-state index contributed by atoms with van der Waals surface area (Å²) in [6.45, 7) is 0.609. The molecule has 2 rings (SSSR count). The minimum Gasteiger partial charge on any atom is -0.358 e. The molecule has 0 aliphatic carbocycles. The Hall–Kier alpha value is -1.58. The standard InChI is InChI=1S/C14H13ClN2S/c15-13-9-5-4-6-11(13)10-16-14(18)17-12-7-2-1-3-8-12/h1-9H,10H2,(H2,16,17,18). The minimum atomic E-state index is 0.584. The van der Waals surface area contributed by atoms with Crippen molar-refractivity contribution in [2.45, 2.75) is 6.54 Å². The fourth-order valence-corrected chi connectivity index (χ4v) is 1.91. The van der Waals surface area contributed by atoms with Crippen LogP contribution in [0.2, 0.25) is 5.02 Å². The third-order valence-corrected chi connectivity index (χ3v) is 3.04. The number of hydrogen-bond acceptors (Lipinski definition) is 1. The molecule has 2 aromatic carbocycles. The summed E-state index contributed by atoms with van der Waals surface area (Å²) in [5.74, 6) is 0. The first-order chi connectivity index (χ1) is 8.75. The van der Waals surface area contributed by atoms with Gasteiger partial charge in [-0.1, -0.05) is 48.0 Å². The molecule has 0 atom stereocenters. The van der Waals surface area contributed by atoms with Crippen molar-refractivity contribution in [3.05, 3.63) is 65.2 Å². The lowest BCUT2D eigenvalue weighted by molar-refractivity contribution is 0.926. The molecule has 92 valence electrons. The number of thiocarbonyl (C=S) groups is 1. The number of nitrogens with one attached hydrogen (secondary N) is 2. The SMILES string of the molecule is S=C(NCc1ccccc1Cl)Nc1ccccc1. The highest BCUT2D eigenvalue weighted by Gasteiger charge is 2.00. The maximum Gasteiger partial charge on any atom is 0.171 e. The largest absolute Gasteiger partial charge is 0.358 e. The van der Waals surface area contributed by atoms with E-state index in [0.29, 0.717) is 11.7 Å². The number of halogens is 1. The molecule has 0 spiro atoms. The fourth-order valence-electron chi connectivity index (χ4n) is 1.51. The summed E-state index contributed by atoms with van der Waals surface area (Å²) < 4.78 is 0. The van der Waals surface area contributed by atoms with Crippen LogP contribution in [0.25, 0.3) is 0 Å². The van der Waals surface area contributed by atoms with Gasteiger partial charge in [0.1, 0.15) is 0 Å². The second kappa shape index (κ2) is 6.38. The summed E-state index contributed by atoms with van der Waals surface area (Å²) in [5, 5.41) is 7.56. The molecule has 0 saturated carbocycles. The predicted octanol–water partition coefficient (Wildman–Crippen LogP) is 3.83. The van der Waals surface area contributed by atoms with E-state index in [-0.39, 0.29) is 0 Å². The van der Waals surface area contributed by atoms with Gasteiger partial charge in [0, 0.05) is 17.3 Å². The van der Waals surface area contributed by atoms with Crippen LogP contribution < -0.4 is 10.6 Å². The maximum atomic E-state index is 6.06. The Kier molecular flexibility index (Phi) is 4.56. The van der Waals surface area contributed by atoms with Gasteiger partial charge in [-0.3, -0.25) is 0 Å². The van der Waals surface area contributed by atoms with E-state index < -0.39 is 0 Å². The molecule has 2 nitrogen and oxygen atoms in total. The van der Waals surface area contributed by atoms with Crippen molar-refractivity contribution >= 4 is 34.6 Å². The molecule has 0 radical (unpaired) electrons. The van der Waals surface area contributed by atoms with Crippen molar-refractivity contribution in [3.63, 3.8) is 0 Å². The summed E-state index contributed by atoms with van der Waals surface area (Å²) in [6, 6.07) is 17.5. The highest BCUT2D eigenvalue weighted by atomic mass is 35.5. The van der Waals surface area contributed by atoms with Crippen LogP contribution in [-0.2, 0) is 6.54 Å². The van der Waals surface area contributed by atoms with Crippen molar-refractivity contribution in [3.8, 4) is 0 Å². The van der Waals surface area contributed by atoms with E-state index in [1.165, 1.54) is 0 Å². The third kappa shape index (κ3) is 3.72. The summed E-state index contributed by atoms with van der Waals surface area (Å²) in [6.07, 6.45) is 0. The Morgan fingerprint density at radius 2 is 1.67 bits per heavy atom. The zero-order valence-electron chi connectivity index (χ0n) is 9.69. The van der Waals surface area contributed by atoms with Gasteiger partial charge < -0.3 is 10.6 Å².